The molecule has 0 spiro atoms. The van der Waals surface area contributed by atoms with E-state index in [0.29, 0.717) is 16.7 Å². The average Bonchev–Trinajstić information content (AvgIpc) is 2.73. The highest BCUT2D eigenvalue weighted by Gasteiger charge is 2.14. The Morgan fingerprint density at radius 1 is 1.10 bits per heavy atom. The maximum atomic E-state index is 13.2. The van der Waals surface area contributed by atoms with Crippen LogP contribution in [0.5, 0.6) is 0 Å². The van der Waals surface area contributed by atoms with Gasteiger partial charge in [0.25, 0.3) is 0 Å². The number of hydrogen-bond acceptors (Lipinski definition) is 3. The van der Waals surface area contributed by atoms with Crippen LogP contribution in [-0.2, 0) is 0 Å². The van der Waals surface area contributed by atoms with Crippen molar-refractivity contribution < 1.29 is 8.78 Å². The first-order chi connectivity index (χ1) is 9.60. The number of nitrogen functional groups attached to an aromatic ring is 1. The van der Waals surface area contributed by atoms with Gasteiger partial charge in [-0.2, -0.15) is 5.26 Å². The summed E-state index contributed by atoms with van der Waals surface area (Å²) in [7, 11) is 0. The molecule has 0 radical (unpaired) electrons. The van der Waals surface area contributed by atoms with E-state index in [1.165, 1.54) is 34.9 Å². The zero-order chi connectivity index (χ0) is 14.3. The van der Waals surface area contributed by atoms with Gasteiger partial charge in [0.15, 0.2) is 0 Å². The van der Waals surface area contributed by atoms with Crippen LogP contribution in [0.4, 0.5) is 14.7 Å². The van der Waals surface area contributed by atoms with Gasteiger partial charge in [-0.25, -0.2) is 13.8 Å². The first kappa shape index (κ1) is 12.1. The van der Waals surface area contributed by atoms with E-state index in [1.54, 1.807) is 0 Å². The molecule has 0 saturated heterocycles. The summed E-state index contributed by atoms with van der Waals surface area (Å²) in [6.45, 7) is 0. The number of nitrogens with two attached hydrogens (primary N) is 1. The lowest BCUT2D eigenvalue weighted by Crippen LogP contribution is -2.03. The van der Waals surface area contributed by atoms with E-state index in [2.05, 4.69) is 4.98 Å². The number of aromatic nitrogens is 2. The molecule has 2 aromatic carbocycles. The fourth-order valence-corrected chi connectivity index (χ4v) is 2.12. The third kappa shape index (κ3) is 1.77. The number of hydrogen-bond donors (Lipinski definition) is 1. The number of nitriles is 1. The second-order valence-corrected chi connectivity index (χ2v) is 4.21. The van der Waals surface area contributed by atoms with Crippen LogP contribution in [0, 0.1) is 23.0 Å². The molecule has 1 aromatic heterocycles. The Bertz CT molecular complexity index is 861. The van der Waals surface area contributed by atoms with E-state index >= 15 is 0 Å². The summed E-state index contributed by atoms with van der Waals surface area (Å²) in [6.07, 6.45) is 0. The Labute approximate surface area is 112 Å². The van der Waals surface area contributed by atoms with Crippen LogP contribution in [0.2, 0.25) is 0 Å². The molecule has 4 nitrogen and oxygen atoms in total. The second-order valence-electron chi connectivity index (χ2n) is 4.21. The average molecular weight is 270 g/mol. The van der Waals surface area contributed by atoms with Crippen molar-refractivity contribution in [1.82, 2.24) is 9.55 Å². The van der Waals surface area contributed by atoms with E-state index in [1.807, 2.05) is 6.07 Å². The van der Waals surface area contributed by atoms with Crippen LogP contribution in [-0.4, -0.2) is 9.55 Å². The molecule has 0 aliphatic heterocycles. The SMILES string of the molecule is N#Cc1cc(F)ccc1-n1c(N)nc2cc(F)ccc21. The minimum Gasteiger partial charge on any atom is -0.369 e. The fourth-order valence-electron chi connectivity index (χ4n) is 2.12. The van der Waals surface area contributed by atoms with E-state index in [9.17, 15) is 8.78 Å². The van der Waals surface area contributed by atoms with Gasteiger partial charge in [-0.3, -0.25) is 4.57 Å². The first-order valence-electron chi connectivity index (χ1n) is 5.73. The zero-order valence-corrected chi connectivity index (χ0v) is 10.1. The van der Waals surface area contributed by atoms with Gasteiger partial charge in [0.2, 0.25) is 5.95 Å². The molecule has 0 aliphatic rings. The number of benzene rings is 2. The van der Waals surface area contributed by atoms with Gasteiger partial charge in [-0.1, -0.05) is 0 Å². The molecule has 3 aromatic rings. The van der Waals surface area contributed by atoms with Gasteiger partial charge in [0, 0.05) is 6.07 Å². The normalized spacial score (nSPS) is 10.7. The van der Waals surface area contributed by atoms with Crippen molar-refractivity contribution in [1.29, 1.82) is 5.26 Å². The molecule has 0 aliphatic carbocycles. The predicted molar refractivity (Wildman–Crippen MR) is 70.1 cm³/mol. The highest BCUT2D eigenvalue weighted by molar-refractivity contribution is 5.81. The van der Waals surface area contributed by atoms with Crippen molar-refractivity contribution in [3.05, 3.63) is 53.6 Å². The van der Waals surface area contributed by atoms with Gasteiger partial charge in [-0.15, -0.1) is 0 Å². The second kappa shape index (κ2) is 4.31. The Balaban J connectivity index is 2.35. The van der Waals surface area contributed by atoms with Crippen molar-refractivity contribution in [2.24, 2.45) is 0 Å². The van der Waals surface area contributed by atoms with E-state index < -0.39 is 11.6 Å². The number of rotatable bonds is 1. The molecule has 0 unspecified atom stereocenters. The minimum absolute atomic E-state index is 0.105. The number of anilines is 1. The van der Waals surface area contributed by atoms with Crippen molar-refractivity contribution >= 4 is 17.0 Å². The summed E-state index contributed by atoms with van der Waals surface area (Å²) in [5, 5.41) is 9.10. The zero-order valence-electron chi connectivity index (χ0n) is 10.1. The number of nitrogens with zero attached hydrogens (tertiary/aromatic N) is 3. The van der Waals surface area contributed by atoms with Gasteiger partial charge in [0.05, 0.1) is 22.3 Å². The third-order valence-electron chi connectivity index (χ3n) is 2.96. The Hall–Kier alpha value is -2.94. The van der Waals surface area contributed by atoms with Crippen LogP contribution in [0.3, 0.4) is 0 Å². The van der Waals surface area contributed by atoms with Crippen LogP contribution >= 0.6 is 0 Å². The van der Waals surface area contributed by atoms with Crippen LogP contribution in [0.15, 0.2) is 36.4 Å². The van der Waals surface area contributed by atoms with Crippen molar-refractivity contribution in [3.8, 4) is 11.8 Å². The molecule has 2 N–H and O–H groups in total. The van der Waals surface area contributed by atoms with Crippen molar-refractivity contribution in [2.75, 3.05) is 5.73 Å². The smallest absolute Gasteiger partial charge is 0.205 e. The Kier molecular flexibility index (Phi) is 2.61. The summed E-state index contributed by atoms with van der Waals surface area (Å²) >= 11 is 0. The largest absolute Gasteiger partial charge is 0.369 e. The Morgan fingerprint density at radius 3 is 2.55 bits per heavy atom. The van der Waals surface area contributed by atoms with E-state index in [0.717, 1.165) is 6.07 Å². The molecule has 1 heterocycles. The summed E-state index contributed by atoms with van der Waals surface area (Å²) in [6, 6.07) is 9.72. The lowest BCUT2D eigenvalue weighted by molar-refractivity contribution is 0.627. The molecule has 3 rings (SSSR count). The maximum absolute atomic E-state index is 13.2. The standard InChI is InChI=1S/C14H8F2N4/c15-9-1-3-12(8(5-9)7-17)20-13-4-2-10(16)6-11(13)19-14(20)18/h1-6H,(H2,18,19). The van der Waals surface area contributed by atoms with Gasteiger partial charge < -0.3 is 5.73 Å². The molecule has 6 heteroatoms. The monoisotopic (exact) mass is 270 g/mol. The molecule has 0 amide bonds. The predicted octanol–water partition coefficient (Wildman–Crippen LogP) is 2.76. The van der Waals surface area contributed by atoms with Gasteiger partial charge in [0.1, 0.15) is 17.7 Å². The molecule has 0 fully saturated rings. The van der Waals surface area contributed by atoms with Crippen LogP contribution in [0.1, 0.15) is 5.56 Å². The minimum atomic E-state index is -0.515. The van der Waals surface area contributed by atoms with E-state index in [4.69, 9.17) is 11.0 Å². The number of imidazole rings is 1. The lowest BCUT2D eigenvalue weighted by Gasteiger charge is -2.08. The van der Waals surface area contributed by atoms with Crippen LogP contribution < -0.4 is 5.73 Å². The number of fused-ring (bicyclic) bond motifs is 1. The molecule has 0 saturated carbocycles. The summed E-state index contributed by atoms with van der Waals surface area (Å²) in [5.74, 6) is -0.838. The molecule has 20 heavy (non-hydrogen) atoms. The Morgan fingerprint density at radius 2 is 1.80 bits per heavy atom. The summed E-state index contributed by atoms with van der Waals surface area (Å²) in [4.78, 5) is 4.05. The highest BCUT2D eigenvalue weighted by Crippen LogP contribution is 2.26. The molecular weight excluding hydrogens is 262 g/mol. The van der Waals surface area contributed by atoms with Crippen molar-refractivity contribution in [2.45, 2.75) is 0 Å². The third-order valence-corrected chi connectivity index (χ3v) is 2.96. The molecule has 98 valence electrons. The first-order valence-corrected chi connectivity index (χ1v) is 5.73. The number of halogens is 2. The molecule has 0 atom stereocenters. The molecular formula is C14H8F2N4. The highest BCUT2D eigenvalue weighted by atomic mass is 19.1. The summed E-state index contributed by atoms with van der Waals surface area (Å²) in [5.41, 5.74) is 7.27. The van der Waals surface area contributed by atoms with Crippen molar-refractivity contribution in [3.63, 3.8) is 0 Å². The molecule has 0 bridgehead atoms. The maximum Gasteiger partial charge on any atom is 0.205 e. The van der Waals surface area contributed by atoms with Crippen LogP contribution in [0.25, 0.3) is 16.7 Å². The van der Waals surface area contributed by atoms with Gasteiger partial charge >= 0.3 is 0 Å². The van der Waals surface area contributed by atoms with Gasteiger partial charge in [-0.05, 0) is 30.3 Å². The topological polar surface area (TPSA) is 67.6 Å². The fraction of sp³-hybridized carbons (Fsp3) is 0. The lowest BCUT2D eigenvalue weighted by atomic mass is 10.2. The summed E-state index contributed by atoms with van der Waals surface area (Å²) < 4.78 is 27.9. The van der Waals surface area contributed by atoms with E-state index in [-0.39, 0.29) is 11.5 Å². The quantitative estimate of drug-likeness (QED) is 0.739.